The minimum Gasteiger partial charge on any atom is -0.483 e. The molecular weight excluding hydrogens is 499 g/mol. The topological polar surface area (TPSA) is 113 Å². The molecule has 1 amide bonds. The largest absolute Gasteiger partial charge is 0.483 e. The highest BCUT2D eigenvalue weighted by molar-refractivity contribution is 6.29. The number of pyridine rings is 1. The smallest absolute Gasteiger partial charge is 0.271 e. The molecular formula is C27H22ClFN4O4. The van der Waals surface area contributed by atoms with Gasteiger partial charge in [0.1, 0.15) is 28.4 Å². The van der Waals surface area contributed by atoms with Gasteiger partial charge in [0.05, 0.1) is 16.5 Å². The Kier molecular flexibility index (Phi) is 5.95. The van der Waals surface area contributed by atoms with Gasteiger partial charge in [-0.3, -0.25) is 14.3 Å². The maximum atomic E-state index is 15.2. The molecule has 0 saturated heterocycles. The molecule has 0 aliphatic rings. The molecule has 3 heterocycles. The number of ether oxygens (including phenoxy) is 1. The SMILES string of the molecule is Cc1cc([C@@H](C)Oc2ccc(Cl)nc2C(N)=O)c2oc(-c3cc4cn(C)nc4cc3F)c(C)c(=O)c2c1. The number of aryl methyl sites for hydroxylation is 2. The zero-order valence-electron chi connectivity index (χ0n) is 20.4. The van der Waals surface area contributed by atoms with Gasteiger partial charge in [-0.05, 0) is 56.7 Å². The van der Waals surface area contributed by atoms with Crippen LogP contribution < -0.4 is 15.9 Å². The maximum absolute atomic E-state index is 15.2. The zero-order chi connectivity index (χ0) is 26.6. The summed E-state index contributed by atoms with van der Waals surface area (Å²) >= 11 is 5.91. The predicted octanol–water partition coefficient (Wildman–Crippen LogP) is 5.39. The van der Waals surface area contributed by atoms with Crippen LogP contribution in [0.15, 0.2) is 51.8 Å². The number of primary amides is 1. The number of aromatic nitrogens is 3. The Labute approximate surface area is 215 Å². The standard InChI is InChI=1S/C27H22ClFN4O4/c1-12-7-16(14(3)36-21-5-6-22(28)31-23(21)27(30)35)26-18(8-12)24(34)13(2)25(37-26)17-9-15-11-33(4)32-20(15)10-19(17)29/h5-11,14H,1-4H3,(H2,30,35)/t14-/m1/s1. The molecule has 2 aromatic carbocycles. The average Bonchev–Trinajstić information content (AvgIpc) is 3.20. The first-order valence-electron chi connectivity index (χ1n) is 11.4. The molecule has 0 spiro atoms. The molecule has 0 saturated carbocycles. The minimum atomic E-state index is -0.801. The number of nitrogens with zero attached hydrogens (tertiary/aromatic N) is 3. The van der Waals surface area contributed by atoms with Crippen LogP contribution in [0, 0.1) is 19.7 Å². The number of halogens is 2. The van der Waals surface area contributed by atoms with Gasteiger partial charge in [-0.25, -0.2) is 9.37 Å². The summed E-state index contributed by atoms with van der Waals surface area (Å²) in [6.45, 7) is 5.18. The van der Waals surface area contributed by atoms with Crippen LogP contribution in [0.1, 0.15) is 40.2 Å². The van der Waals surface area contributed by atoms with Crippen molar-refractivity contribution >= 4 is 39.4 Å². The molecule has 0 aliphatic heterocycles. The number of carbonyl (C=O) groups excluding carboxylic acids is 1. The number of benzene rings is 2. The van der Waals surface area contributed by atoms with Crippen molar-refractivity contribution < 1.29 is 18.3 Å². The second-order valence-electron chi connectivity index (χ2n) is 8.91. The molecule has 1 atom stereocenters. The van der Waals surface area contributed by atoms with E-state index in [0.29, 0.717) is 21.9 Å². The number of carbonyl (C=O) groups is 1. The molecule has 3 aromatic heterocycles. The van der Waals surface area contributed by atoms with E-state index in [1.54, 1.807) is 43.9 Å². The van der Waals surface area contributed by atoms with Crippen LogP contribution in [0.4, 0.5) is 4.39 Å². The van der Waals surface area contributed by atoms with Crippen molar-refractivity contribution in [2.75, 3.05) is 0 Å². The van der Waals surface area contributed by atoms with Crippen LogP contribution in [-0.4, -0.2) is 20.7 Å². The van der Waals surface area contributed by atoms with E-state index in [2.05, 4.69) is 10.1 Å². The highest BCUT2D eigenvalue weighted by Crippen LogP contribution is 2.35. The lowest BCUT2D eigenvalue weighted by Gasteiger charge is -2.19. The van der Waals surface area contributed by atoms with Gasteiger partial charge < -0.3 is 14.9 Å². The van der Waals surface area contributed by atoms with E-state index in [4.69, 9.17) is 26.5 Å². The molecule has 0 fully saturated rings. The Morgan fingerprint density at radius 1 is 1.22 bits per heavy atom. The maximum Gasteiger partial charge on any atom is 0.271 e. The van der Waals surface area contributed by atoms with Gasteiger partial charge in [-0.2, -0.15) is 5.10 Å². The summed E-state index contributed by atoms with van der Waals surface area (Å²) in [5.74, 6) is -1.12. The number of hydrogen-bond donors (Lipinski definition) is 1. The Morgan fingerprint density at radius 3 is 2.70 bits per heavy atom. The van der Waals surface area contributed by atoms with Crippen LogP contribution in [-0.2, 0) is 7.05 Å². The summed E-state index contributed by atoms with van der Waals surface area (Å²) in [5.41, 5.74) is 7.52. The van der Waals surface area contributed by atoms with Crippen molar-refractivity contribution in [3.8, 4) is 17.1 Å². The Bertz CT molecular complexity index is 1790. The highest BCUT2D eigenvalue weighted by Gasteiger charge is 2.23. The molecule has 0 bridgehead atoms. The van der Waals surface area contributed by atoms with Crippen LogP contribution in [0.25, 0.3) is 33.2 Å². The Morgan fingerprint density at radius 2 is 1.97 bits per heavy atom. The van der Waals surface area contributed by atoms with Crippen molar-refractivity contribution in [1.29, 1.82) is 0 Å². The van der Waals surface area contributed by atoms with Gasteiger partial charge in [0, 0.05) is 35.8 Å². The fraction of sp³-hybridized carbons (Fsp3) is 0.185. The van der Waals surface area contributed by atoms with E-state index in [1.807, 2.05) is 13.0 Å². The predicted molar refractivity (Wildman–Crippen MR) is 138 cm³/mol. The van der Waals surface area contributed by atoms with Crippen molar-refractivity contribution in [2.45, 2.75) is 26.9 Å². The molecule has 0 aliphatic carbocycles. The number of rotatable bonds is 5. The molecule has 0 radical (unpaired) electrons. The van der Waals surface area contributed by atoms with E-state index >= 15 is 4.39 Å². The van der Waals surface area contributed by atoms with Gasteiger partial charge in [-0.15, -0.1) is 0 Å². The summed E-state index contributed by atoms with van der Waals surface area (Å²) in [6, 6.07) is 9.42. The van der Waals surface area contributed by atoms with Crippen LogP contribution >= 0.6 is 11.6 Å². The van der Waals surface area contributed by atoms with Crippen molar-refractivity contribution in [3.63, 3.8) is 0 Å². The number of hydrogen-bond acceptors (Lipinski definition) is 6. The Balaban J connectivity index is 1.70. The lowest BCUT2D eigenvalue weighted by molar-refractivity contribution is 0.0988. The first-order valence-corrected chi connectivity index (χ1v) is 11.8. The molecule has 5 aromatic rings. The second kappa shape index (κ2) is 9.01. The van der Waals surface area contributed by atoms with E-state index in [-0.39, 0.29) is 44.5 Å². The quantitative estimate of drug-likeness (QED) is 0.311. The molecule has 2 N–H and O–H groups in total. The van der Waals surface area contributed by atoms with E-state index in [0.717, 1.165) is 5.56 Å². The van der Waals surface area contributed by atoms with Gasteiger partial charge in [-0.1, -0.05) is 11.6 Å². The fourth-order valence-corrected chi connectivity index (χ4v) is 4.57. The highest BCUT2D eigenvalue weighted by atomic mass is 35.5. The summed E-state index contributed by atoms with van der Waals surface area (Å²) in [5, 5.41) is 5.36. The van der Waals surface area contributed by atoms with Crippen LogP contribution in [0.5, 0.6) is 5.75 Å². The third kappa shape index (κ3) is 4.31. The monoisotopic (exact) mass is 520 g/mol. The molecule has 188 valence electrons. The van der Waals surface area contributed by atoms with E-state index in [1.165, 1.54) is 18.2 Å². The summed E-state index contributed by atoms with van der Waals surface area (Å²) in [4.78, 5) is 29.3. The molecule has 8 nitrogen and oxygen atoms in total. The third-order valence-corrected chi connectivity index (χ3v) is 6.35. The number of amides is 1. The molecule has 37 heavy (non-hydrogen) atoms. The minimum absolute atomic E-state index is 0.0912. The van der Waals surface area contributed by atoms with Crippen molar-refractivity contribution in [3.05, 3.63) is 86.2 Å². The zero-order valence-corrected chi connectivity index (χ0v) is 21.2. The average molecular weight is 521 g/mol. The number of nitrogens with two attached hydrogens (primary N) is 1. The first kappa shape index (κ1) is 24.5. The van der Waals surface area contributed by atoms with Crippen molar-refractivity contribution in [1.82, 2.24) is 14.8 Å². The fourth-order valence-electron chi connectivity index (χ4n) is 4.42. The van der Waals surface area contributed by atoms with Crippen LogP contribution in [0.2, 0.25) is 5.15 Å². The summed E-state index contributed by atoms with van der Waals surface area (Å²) in [6.07, 6.45) is 1.06. The van der Waals surface area contributed by atoms with E-state index in [9.17, 15) is 9.59 Å². The molecule has 0 unspecified atom stereocenters. The second-order valence-corrected chi connectivity index (χ2v) is 9.30. The van der Waals surface area contributed by atoms with Crippen LogP contribution in [0.3, 0.4) is 0 Å². The molecule has 5 rings (SSSR count). The lowest BCUT2D eigenvalue weighted by atomic mass is 9.99. The molecule has 10 heteroatoms. The number of fused-ring (bicyclic) bond motifs is 2. The normalized spacial score (nSPS) is 12.3. The van der Waals surface area contributed by atoms with Gasteiger partial charge >= 0.3 is 0 Å². The van der Waals surface area contributed by atoms with Gasteiger partial charge in [0.2, 0.25) is 0 Å². The summed E-state index contributed by atoms with van der Waals surface area (Å²) < 4.78 is 29.1. The third-order valence-electron chi connectivity index (χ3n) is 6.14. The van der Waals surface area contributed by atoms with Gasteiger partial charge in [0.25, 0.3) is 5.91 Å². The Hall–Kier alpha value is -4.24. The van der Waals surface area contributed by atoms with Gasteiger partial charge in [0.15, 0.2) is 16.9 Å². The lowest BCUT2D eigenvalue weighted by Crippen LogP contribution is -2.17. The van der Waals surface area contributed by atoms with E-state index < -0.39 is 17.8 Å². The first-order chi connectivity index (χ1) is 17.5. The van der Waals surface area contributed by atoms with Crippen molar-refractivity contribution in [2.24, 2.45) is 12.8 Å². The summed E-state index contributed by atoms with van der Waals surface area (Å²) in [7, 11) is 1.74.